The Morgan fingerprint density at radius 1 is 0.895 bits per heavy atom. The zero-order valence-corrected chi connectivity index (χ0v) is 12.5. The second kappa shape index (κ2) is 6.27. The average Bonchev–Trinajstić information content (AvgIpc) is 2.53. The summed E-state index contributed by atoms with van der Waals surface area (Å²) in [7, 11) is 0. The van der Waals surface area contributed by atoms with E-state index in [2.05, 4.69) is 13.0 Å². The van der Waals surface area contributed by atoms with Crippen LogP contribution in [0.15, 0.2) is 0 Å². The highest BCUT2D eigenvalue weighted by atomic mass is 16.3. The number of rotatable bonds is 1. The molecule has 0 aromatic carbocycles. The molecule has 2 unspecified atom stereocenters. The molecule has 0 aliphatic heterocycles. The lowest BCUT2D eigenvalue weighted by atomic mass is 9.63. The maximum Gasteiger partial charge on any atom is 0.0860 e. The van der Waals surface area contributed by atoms with Gasteiger partial charge >= 0.3 is 0 Å². The molecule has 2 fully saturated rings. The lowest BCUT2D eigenvalue weighted by Gasteiger charge is -2.43. The summed E-state index contributed by atoms with van der Waals surface area (Å²) in [4.78, 5) is 0. The van der Waals surface area contributed by atoms with Crippen molar-refractivity contribution in [1.82, 2.24) is 0 Å². The van der Waals surface area contributed by atoms with Crippen LogP contribution in [0.3, 0.4) is 0 Å². The molecule has 2 aliphatic rings. The summed E-state index contributed by atoms with van der Waals surface area (Å²) in [5.41, 5.74) is -1.18. The largest absolute Gasteiger partial charge is 0.388 e. The highest BCUT2D eigenvalue weighted by molar-refractivity contribution is 5.12. The van der Waals surface area contributed by atoms with E-state index in [1.807, 2.05) is 0 Å². The quantitative estimate of drug-likeness (QED) is 0.704. The Morgan fingerprint density at radius 2 is 1.53 bits per heavy atom. The van der Waals surface area contributed by atoms with Gasteiger partial charge in [-0.2, -0.15) is 5.26 Å². The maximum absolute atomic E-state index is 11.2. The summed E-state index contributed by atoms with van der Waals surface area (Å²) in [6.45, 7) is 2.28. The van der Waals surface area contributed by atoms with E-state index in [1.165, 1.54) is 25.7 Å². The monoisotopic (exact) mass is 263 g/mol. The molecule has 2 nitrogen and oxygen atoms in total. The Kier molecular flexibility index (Phi) is 4.90. The fraction of sp³-hybridized carbons (Fsp3) is 0.941. The number of nitrogens with zero attached hydrogens (tertiary/aromatic N) is 1. The molecular formula is C17H29NO. The van der Waals surface area contributed by atoms with Gasteiger partial charge in [0.2, 0.25) is 0 Å². The molecule has 0 amide bonds. The summed E-state index contributed by atoms with van der Waals surface area (Å²) >= 11 is 0. The molecule has 2 heteroatoms. The Bertz CT molecular complexity index is 325. The van der Waals surface area contributed by atoms with Crippen molar-refractivity contribution in [2.75, 3.05) is 0 Å². The molecule has 0 saturated heterocycles. The molecule has 0 aromatic heterocycles. The van der Waals surface area contributed by atoms with Crippen LogP contribution in [-0.4, -0.2) is 10.7 Å². The molecule has 2 atom stereocenters. The van der Waals surface area contributed by atoms with Crippen LogP contribution in [0.5, 0.6) is 0 Å². The third-order valence-corrected chi connectivity index (χ3v) is 5.65. The molecule has 0 radical (unpaired) electrons. The maximum atomic E-state index is 11.2. The Morgan fingerprint density at radius 3 is 2.16 bits per heavy atom. The normalized spacial score (nSPS) is 36.6. The van der Waals surface area contributed by atoms with Crippen LogP contribution in [0.4, 0.5) is 0 Å². The highest BCUT2D eigenvalue weighted by Crippen LogP contribution is 2.49. The Labute approximate surface area is 118 Å². The highest BCUT2D eigenvalue weighted by Gasteiger charge is 2.50. The molecule has 0 bridgehead atoms. The van der Waals surface area contributed by atoms with Crippen LogP contribution in [0.25, 0.3) is 0 Å². The predicted molar refractivity (Wildman–Crippen MR) is 77.6 cm³/mol. The van der Waals surface area contributed by atoms with Gasteiger partial charge in [0.1, 0.15) is 0 Å². The van der Waals surface area contributed by atoms with E-state index < -0.39 is 11.0 Å². The van der Waals surface area contributed by atoms with Crippen LogP contribution >= 0.6 is 0 Å². The van der Waals surface area contributed by atoms with Crippen molar-refractivity contribution in [3.8, 4) is 6.07 Å². The van der Waals surface area contributed by atoms with Crippen LogP contribution in [-0.2, 0) is 0 Å². The minimum absolute atomic E-state index is 0.461. The van der Waals surface area contributed by atoms with Crippen LogP contribution in [0.2, 0.25) is 0 Å². The summed E-state index contributed by atoms with van der Waals surface area (Å²) in [5, 5.41) is 21.1. The predicted octanol–water partition coefficient (Wildman–Crippen LogP) is 4.57. The van der Waals surface area contributed by atoms with Gasteiger partial charge < -0.3 is 5.11 Å². The smallest absolute Gasteiger partial charge is 0.0860 e. The fourth-order valence-corrected chi connectivity index (χ4v) is 4.17. The van der Waals surface area contributed by atoms with Gasteiger partial charge in [-0.1, -0.05) is 51.9 Å². The minimum atomic E-state index is -0.718. The van der Waals surface area contributed by atoms with Crippen LogP contribution in [0.1, 0.15) is 84.0 Å². The van der Waals surface area contributed by atoms with Crippen molar-refractivity contribution in [2.45, 2.75) is 89.6 Å². The molecule has 108 valence electrons. The van der Waals surface area contributed by atoms with E-state index in [4.69, 9.17) is 0 Å². The average molecular weight is 263 g/mol. The number of hydrogen-bond acceptors (Lipinski definition) is 2. The number of nitriles is 1. The van der Waals surface area contributed by atoms with Crippen molar-refractivity contribution < 1.29 is 5.11 Å². The molecule has 0 aromatic rings. The fourth-order valence-electron chi connectivity index (χ4n) is 4.17. The van der Waals surface area contributed by atoms with Gasteiger partial charge in [-0.05, 0) is 38.0 Å². The standard InChI is InChI=1S/C17H29NO/c1-15-8-7-12-17(19,13-9-15)16(14-18)10-5-3-2-4-6-11-16/h15,19H,2-13H2,1H3. The topological polar surface area (TPSA) is 44.0 Å². The van der Waals surface area contributed by atoms with Crippen molar-refractivity contribution in [3.05, 3.63) is 0 Å². The molecule has 19 heavy (non-hydrogen) atoms. The SMILES string of the molecule is CC1CCCC(O)(C2(C#N)CCCCCCC2)CC1. The second-order valence-electron chi connectivity index (χ2n) is 7.03. The molecule has 0 spiro atoms. The first kappa shape index (κ1) is 14.9. The van der Waals surface area contributed by atoms with Crippen molar-refractivity contribution in [3.63, 3.8) is 0 Å². The van der Waals surface area contributed by atoms with Gasteiger partial charge in [0.15, 0.2) is 0 Å². The Balaban J connectivity index is 2.19. The summed E-state index contributed by atoms with van der Waals surface area (Å²) < 4.78 is 0. The third-order valence-electron chi connectivity index (χ3n) is 5.65. The van der Waals surface area contributed by atoms with Gasteiger partial charge in [0.25, 0.3) is 0 Å². The van der Waals surface area contributed by atoms with Crippen molar-refractivity contribution >= 4 is 0 Å². The van der Waals surface area contributed by atoms with E-state index in [9.17, 15) is 10.4 Å². The third kappa shape index (κ3) is 3.14. The van der Waals surface area contributed by atoms with E-state index in [-0.39, 0.29) is 0 Å². The molecular weight excluding hydrogens is 234 g/mol. The summed E-state index contributed by atoms with van der Waals surface area (Å²) in [5.74, 6) is 0.707. The van der Waals surface area contributed by atoms with Gasteiger partial charge in [-0.3, -0.25) is 0 Å². The lowest BCUT2D eigenvalue weighted by Crippen LogP contribution is -2.47. The van der Waals surface area contributed by atoms with Gasteiger partial charge in [-0.15, -0.1) is 0 Å². The van der Waals surface area contributed by atoms with Gasteiger partial charge in [0.05, 0.1) is 17.1 Å². The van der Waals surface area contributed by atoms with Crippen LogP contribution in [0, 0.1) is 22.7 Å². The van der Waals surface area contributed by atoms with Crippen molar-refractivity contribution in [1.29, 1.82) is 5.26 Å². The van der Waals surface area contributed by atoms with Crippen molar-refractivity contribution in [2.24, 2.45) is 11.3 Å². The second-order valence-corrected chi connectivity index (χ2v) is 7.03. The zero-order chi connectivity index (χ0) is 13.8. The summed E-state index contributed by atoms with van der Waals surface area (Å²) in [6.07, 6.45) is 12.9. The first-order chi connectivity index (χ1) is 9.12. The van der Waals surface area contributed by atoms with Gasteiger partial charge in [0, 0.05) is 0 Å². The number of hydrogen-bond donors (Lipinski definition) is 1. The zero-order valence-electron chi connectivity index (χ0n) is 12.5. The first-order valence-electron chi connectivity index (χ1n) is 8.26. The van der Waals surface area contributed by atoms with Crippen LogP contribution < -0.4 is 0 Å². The van der Waals surface area contributed by atoms with E-state index in [0.717, 1.165) is 51.4 Å². The minimum Gasteiger partial charge on any atom is -0.388 e. The molecule has 0 heterocycles. The van der Waals surface area contributed by atoms with E-state index in [0.29, 0.717) is 5.92 Å². The molecule has 2 rings (SSSR count). The van der Waals surface area contributed by atoms with E-state index >= 15 is 0 Å². The number of aliphatic hydroxyl groups is 1. The summed E-state index contributed by atoms with van der Waals surface area (Å²) in [6, 6.07) is 2.59. The molecule has 2 aliphatic carbocycles. The van der Waals surface area contributed by atoms with Gasteiger partial charge in [-0.25, -0.2) is 0 Å². The molecule has 1 N–H and O–H groups in total. The Hall–Kier alpha value is -0.550. The molecule has 2 saturated carbocycles. The van der Waals surface area contributed by atoms with E-state index in [1.54, 1.807) is 0 Å². The lowest BCUT2D eigenvalue weighted by molar-refractivity contribution is -0.0793. The first-order valence-corrected chi connectivity index (χ1v) is 8.26.